The first-order valence-corrected chi connectivity index (χ1v) is 6.57. The topological polar surface area (TPSA) is 73.9 Å². The normalized spacial score (nSPS) is 20.4. The number of hydrogen-bond donors (Lipinski definition) is 2. The SMILES string of the molecule is NCc1ccc(OCC(O)COC2CCOC2)cc1. The van der Waals surface area contributed by atoms with Gasteiger partial charge < -0.3 is 25.1 Å². The fourth-order valence-electron chi connectivity index (χ4n) is 1.85. The average molecular weight is 267 g/mol. The van der Waals surface area contributed by atoms with Crippen LogP contribution < -0.4 is 10.5 Å². The van der Waals surface area contributed by atoms with E-state index in [4.69, 9.17) is 19.9 Å². The molecule has 0 saturated carbocycles. The third kappa shape index (κ3) is 4.80. The minimum absolute atomic E-state index is 0.110. The van der Waals surface area contributed by atoms with Gasteiger partial charge >= 0.3 is 0 Å². The first-order chi connectivity index (χ1) is 9.28. The van der Waals surface area contributed by atoms with E-state index in [9.17, 15) is 5.11 Å². The molecule has 2 unspecified atom stereocenters. The molecule has 0 spiro atoms. The molecule has 5 nitrogen and oxygen atoms in total. The maximum Gasteiger partial charge on any atom is 0.119 e. The maximum atomic E-state index is 9.76. The van der Waals surface area contributed by atoms with Crippen LogP contribution in [0.3, 0.4) is 0 Å². The van der Waals surface area contributed by atoms with Gasteiger partial charge in [0.2, 0.25) is 0 Å². The lowest BCUT2D eigenvalue weighted by Gasteiger charge is -2.15. The summed E-state index contributed by atoms with van der Waals surface area (Å²) in [5.74, 6) is 0.723. The zero-order valence-corrected chi connectivity index (χ0v) is 11.0. The van der Waals surface area contributed by atoms with E-state index in [0.29, 0.717) is 13.2 Å². The smallest absolute Gasteiger partial charge is 0.119 e. The predicted octanol–water partition coefficient (Wildman–Crippen LogP) is 0.690. The van der Waals surface area contributed by atoms with Crippen molar-refractivity contribution in [2.24, 2.45) is 5.73 Å². The van der Waals surface area contributed by atoms with E-state index in [1.165, 1.54) is 0 Å². The van der Waals surface area contributed by atoms with Gasteiger partial charge in [0.15, 0.2) is 0 Å². The number of nitrogens with two attached hydrogens (primary N) is 1. The van der Waals surface area contributed by atoms with E-state index >= 15 is 0 Å². The summed E-state index contributed by atoms with van der Waals surface area (Å²) < 4.78 is 16.2. The van der Waals surface area contributed by atoms with Crippen molar-refractivity contribution in [3.63, 3.8) is 0 Å². The van der Waals surface area contributed by atoms with Crippen molar-refractivity contribution in [2.75, 3.05) is 26.4 Å². The lowest BCUT2D eigenvalue weighted by molar-refractivity contribution is -0.0264. The Morgan fingerprint density at radius 2 is 2.11 bits per heavy atom. The highest BCUT2D eigenvalue weighted by Gasteiger charge is 2.17. The number of benzene rings is 1. The van der Waals surface area contributed by atoms with Crippen molar-refractivity contribution in [2.45, 2.75) is 25.2 Å². The Bertz CT molecular complexity index is 362. The van der Waals surface area contributed by atoms with Crippen molar-refractivity contribution >= 4 is 0 Å². The molecule has 1 fully saturated rings. The molecule has 0 radical (unpaired) electrons. The third-order valence-corrected chi connectivity index (χ3v) is 3.01. The van der Waals surface area contributed by atoms with E-state index in [0.717, 1.165) is 24.3 Å². The summed E-state index contributed by atoms with van der Waals surface area (Å²) >= 11 is 0. The number of aliphatic hydroxyl groups excluding tert-OH is 1. The second-order valence-corrected chi connectivity index (χ2v) is 4.63. The number of hydrogen-bond acceptors (Lipinski definition) is 5. The van der Waals surface area contributed by atoms with Crippen LogP contribution in [0.5, 0.6) is 5.75 Å². The molecule has 2 atom stereocenters. The molecule has 106 valence electrons. The zero-order valence-electron chi connectivity index (χ0n) is 11.0. The molecular weight excluding hydrogens is 246 g/mol. The molecule has 0 bridgehead atoms. The van der Waals surface area contributed by atoms with Crippen LogP contribution >= 0.6 is 0 Å². The van der Waals surface area contributed by atoms with Crippen molar-refractivity contribution in [3.05, 3.63) is 29.8 Å². The molecule has 2 rings (SSSR count). The largest absolute Gasteiger partial charge is 0.491 e. The minimum atomic E-state index is -0.630. The molecule has 5 heteroatoms. The van der Waals surface area contributed by atoms with Crippen molar-refractivity contribution < 1.29 is 19.3 Å². The van der Waals surface area contributed by atoms with Gasteiger partial charge in [0.05, 0.1) is 19.3 Å². The summed E-state index contributed by atoms with van der Waals surface area (Å²) in [6, 6.07) is 7.52. The Labute approximate surface area is 113 Å². The molecule has 0 amide bonds. The van der Waals surface area contributed by atoms with Gasteiger partial charge in [-0.05, 0) is 24.1 Å². The second kappa shape index (κ2) is 7.45. The summed E-state index contributed by atoms with van der Waals surface area (Å²) in [7, 11) is 0. The second-order valence-electron chi connectivity index (χ2n) is 4.63. The highest BCUT2D eigenvalue weighted by Crippen LogP contribution is 2.13. The molecule has 1 aromatic rings. The van der Waals surface area contributed by atoms with E-state index in [1.54, 1.807) is 0 Å². The number of aliphatic hydroxyl groups is 1. The Morgan fingerprint density at radius 3 is 2.74 bits per heavy atom. The molecular formula is C14H21NO4. The Balaban J connectivity index is 1.65. The summed E-state index contributed by atoms with van der Waals surface area (Å²) in [6.45, 7) is 2.36. The Morgan fingerprint density at radius 1 is 1.32 bits per heavy atom. The van der Waals surface area contributed by atoms with Crippen LogP contribution in [-0.4, -0.2) is 43.7 Å². The summed E-state index contributed by atoms with van der Waals surface area (Å²) in [6.07, 6.45) is 0.377. The lowest BCUT2D eigenvalue weighted by Crippen LogP contribution is -2.27. The van der Waals surface area contributed by atoms with Gasteiger partial charge in [0.1, 0.15) is 18.5 Å². The van der Waals surface area contributed by atoms with Gasteiger partial charge in [-0.1, -0.05) is 12.1 Å². The van der Waals surface area contributed by atoms with E-state index in [-0.39, 0.29) is 19.3 Å². The van der Waals surface area contributed by atoms with Crippen LogP contribution in [0, 0.1) is 0 Å². The Hall–Kier alpha value is -1.14. The summed E-state index contributed by atoms with van der Waals surface area (Å²) in [4.78, 5) is 0. The molecule has 0 aromatic heterocycles. The Kier molecular flexibility index (Phi) is 5.60. The monoisotopic (exact) mass is 267 g/mol. The highest BCUT2D eigenvalue weighted by atomic mass is 16.6. The molecule has 1 heterocycles. The highest BCUT2D eigenvalue weighted by molar-refractivity contribution is 5.27. The first kappa shape index (κ1) is 14.3. The maximum absolute atomic E-state index is 9.76. The van der Waals surface area contributed by atoms with E-state index in [1.807, 2.05) is 24.3 Å². The van der Waals surface area contributed by atoms with E-state index < -0.39 is 6.10 Å². The molecule has 1 aromatic carbocycles. The first-order valence-electron chi connectivity index (χ1n) is 6.57. The molecule has 1 aliphatic heterocycles. The fourth-order valence-corrected chi connectivity index (χ4v) is 1.85. The molecule has 3 N–H and O–H groups in total. The lowest BCUT2D eigenvalue weighted by atomic mass is 10.2. The van der Waals surface area contributed by atoms with Gasteiger partial charge in [-0.25, -0.2) is 0 Å². The van der Waals surface area contributed by atoms with Crippen LogP contribution in [0.1, 0.15) is 12.0 Å². The van der Waals surface area contributed by atoms with Crippen LogP contribution in [-0.2, 0) is 16.0 Å². The molecule has 19 heavy (non-hydrogen) atoms. The van der Waals surface area contributed by atoms with Gasteiger partial charge in [0, 0.05) is 13.2 Å². The standard InChI is InChI=1S/C14H21NO4/c15-7-11-1-3-13(4-2-11)18-8-12(16)9-19-14-5-6-17-10-14/h1-4,12,14,16H,5-10,15H2. The summed E-state index contributed by atoms with van der Waals surface area (Å²) in [5, 5.41) is 9.76. The van der Waals surface area contributed by atoms with Crippen LogP contribution in [0.4, 0.5) is 0 Å². The van der Waals surface area contributed by atoms with Crippen LogP contribution in [0.2, 0.25) is 0 Å². The fraction of sp³-hybridized carbons (Fsp3) is 0.571. The van der Waals surface area contributed by atoms with Gasteiger partial charge in [-0.3, -0.25) is 0 Å². The molecule has 1 saturated heterocycles. The van der Waals surface area contributed by atoms with Gasteiger partial charge in [0.25, 0.3) is 0 Å². The van der Waals surface area contributed by atoms with Crippen molar-refractivity contribution in [3.8, 4) is 5.75 Å². The average Bonchev–Trinajstić information content (AvgIpc) is 2.96. The van der Waals surface area contributed by atoms with Gasteiger partial charge in [-0.15, -0.1) is 0 Å². The molecule has 0 aliphatic carbocycles. The van der Waals surface area contributed by atoms with Gasteiger partial charge in [-0.2, -0.15) is 0 Å². The van der Waals surface area contributed by atoms with Crippen LogP contribution in [0.25, 0.3) is 0 Å². The van der Waals surface area contributed by atoms with Crippen LogP contribution in [0.15, 0.2) is 24.3 Å². The van der Waals surface area contributed by atoms with E-state index in [2.05, 4.69) is 0 Å². The minimum Gasteiger partial charge on any atom is -0.491 e. The number of ether oxygens (including phenoxy) is 3. The van der Waals surface area contributed by atoms with Crippen molar-refractivity contribution in [1.82, 2.24) is 0 Å². The predicted molar refractivity (Wildman–Crippen MR) is 71.0 cm³/mol. The van der Waals surface area contributed by atoms with Crippen molar-refractivity contribution in [1.29, 1.82) is 0 Å². The quantitative estimate of drug-likeness (QED) is 0.760. The number of rotatable bonds is 7. The molecule has 1 aliphatic rings. The summed E-state index contributed by atoms with van der Waals surface area (Å²) in [5.41, 5.74) is 6.57. The zero-order chi connectivity index (χ0) is 13.5. The third-order valence-electron chi connectivity index (χ3n) is 3.01.